The molecule has 6 heteroatoms. The molecule has 1 unspecified atom stereocenters. The molecule has 6 nitrogen and oxygen atoms in total. The van der Waals surface area contributed by atoms with E-state index < -0.39 is 11.2 Å². The minimum absolute atomic E-state index is 0.157. The summed E-state index contributed by atoms with van der Waals surface area (Å²) in [4.78, 5) is 28.7. The van der Waals surface area contributed by atoms with Crippen LogP contribution in [0.25, 0.3) is 0 Å². The summed E-state index contributed by atoms with van der Waals surface area (Å²) in [7, 11) is 0. The van der Waals surface area contributed by atoms with Crippen LogP contribution in [0.1, 0.15) is 56.9 Å². The summed E-state index contributed by atoms with van der Waals surface area (Å²) in [6, 6.07) is 8.72. The second kappa shape index (κ2) is 8.96. The zero-order valence-electron chi connectivity index (χ0n) is 18.1. The SMILES string of the molecule is Cc1ccc(N2CCN(CCCC3(OC=O)CC4(CCCCC4)C(=O)O3)CC2)cc1. The smallest absolute Gasteiger partial charge is 0.315 e. The first-order chi connectivity index (χ1) is 14.5. The number of nitrogens with zero attached hydrogens (tertiary/aromatic N) is 2. The van der Waals surface area contributed by atoms with Gasteiger partial charge in [-0.2, -0.15) is 0 Å². The lowest BCUT2D eigenvalue weighted by Crippen LogP contribution is -2.47. The van der Waals surface area contributed by atoms with Crippen molar-refractivity contribution in [3.05, 3.63) is 29.8 Å². The predicted octanol–water partition coefficient (Wildman–Crippen LogP) is 3.66. The van der Waals surface area contributed by atoms with E-state index in [2.05, 4.69) is 41.0 Å². The van der Waals surface area contributed by atoms with Gasteiger partial charge in [0.15, 0.2) is 0 Å². The van der Waals surface area contributed by atoms with Crippen molar-refractivity contribution in [3.8, 4) is 0 Å². The van der Waals surface area contributed by atoms with E-state index in [0.29, 0.717) is 19.3 Å². The maximum atomic E-state index is 12.7. The number of piperazine rings is 1. The second-order valence-corrected chi connectivity index (χ2v) is 9.30. The Morgan fingerprint density at radius 1 is 1.07 bits per heavy atom. The average molecular weight is 415 g/mol. The van der Waals surface area contributed by atoms with Crippen molar-refractivity contribution < 1.29 is 19.1 Å². The van der Waals surface area contributed by atoms with Gasteiger partial charge in [-0.05, 0) is 44.9 Å². The lowest BCUT2D eigenvalue weighted by Gasteiger charge is -2.36. The fourth-order valence-corrected chi connectivity index (χ4v) is 5.42. The van der Waals surface area contributed by atoms with Gasteiger partial charge in [0.25, 0.3) is 12.3 Å². The number of aryl methyl sites for hydroxylation is 1. The van der Waals surface area contributed by atoms with E-state index in [9.17, 15) is 9.59 Å². The maximum Gasteiger partial charge on any atom is 0.315 e. The topological polar surface area (TPSA) is 59.1 Å². The Hall–Kier alpha value is -2.08. The summed E-state index contributed by atoms with van der Waals surface area (Å²) < 4.78 is 11.1. The molecule has 0 radical (unpaired) electrons. The molecule has 0 bridgehead atoms. The number of ether oxygens (including phenoxy) is 2. The highest BCUT2D eigenvalue weighted by Crippen LogP contribution is 2.51. The summed E-state index contributed by atoms with van der Waals surface area (Å²) in [5, 5.41) is 0. The first kappa shape index (κ1) is 21.2. The highest BCUT2D eigenvalue weighted by Gasteiger charge is 2.58. The third-order valence-electron chi connectivity index (χ3n) is 7.20. The molecule has 2 aliphatic heterocycles. The number of carbonyl (C=O) groups excluding carboxylic acids is 2. The molecule has 1 atom stereocenters. The number of anilines is 1. The monoisotopic (exact) mass is 414 g/mol. The molecule has 1 spiro atoms. The van der Waals surface area contributed by atoms with E-state index in [0.717, 1.165) is 64.8 Å². The van der Waals surface area contributed by atoms with Crippen LogP contribution < -0.4 is 4.90 Å². The molecule has 2 heterocycles. The molecule has 2 saturated heterocycles. The van der Waals surface area contributed by atoms with Gasteiger partial charge >= 0.3 is 5.97 Å². The van der Waals surface area contributed by atoms with Crippen molar-refractivity contribution in [1.82, 2.24) is 4.90 Å². The van der Waals surface area contributed by atoms with Gasteiger partial charge in [0.2, 0.25) is 0 Å². The molecule has 1 aliphatic carbocycles. The summed E-state index contributed by atoms with van der Waals surface area (Å²) in [6.07, 6.45) is 6.95. The molecule has 3 aliphatic rings. The van der Waals surface area contributed by atoms with Gasteiger partial charge in [0.1, 0.15) is 0 Å². The summed E-state index contributed by atoms with van der Waals surface area (Å²) in [6.45, 7) is 7.54. The van der Waals surface area contributed by atoms with Crippen molar-refractivity contribution >= 4 is 18.1 Å². The van der Waals surface area contributed by atoms with Gasteiger partial charge in [-0.3, -0.25) is 14.5 Å². The van der Waals surface area contributed by atoms with Crippen LogP contribution in [0.4, 0.5) is 5.69 Å². The fraction of sp³-hybridized carbons (Fsp3) is 0.667. The van der Waals surface area contributed by atoms with Crippen LogP contribution in [0, 0.1) is 12.3 Å². The Kier molecular flexibility index (Phi) is 6.32. The molecule has 1 saturated carbocycles. The standard InChI is InChI=1S/C24H34N2O4/c1-20-6-8-21(9-7-20)26-16-14-25(15-17-26)13-5-12-24(29-19-27)18-23(22(28)30-24)10-3-2-4-11-23/h6-9,19H,2-5,10-18H2,1H3. The van der Waals surface area contributed by atoms with Gasteiger partial charge in [-0.15, -0.1) is 0 Å². The third-order valence-corrected chi connectivity index (χ3v) is 7.20. The van der Waals surface area contributed by atoms with E-state index in [1.165, 1.54) is 17.7 Å². The zero-order valence-corrected chi connectivity index (χ0v) is 18.1. The quantitative estimate of drug-likeness (QED) is 0.501. The number of hydrogen-bond donors (Lipinski definition) is 0. The Balaban J connectivity index is 1.27. The molecule has 0 amide bonds. The summed E-state index contributed by atoms with van der Waals surface area (Å²) in [5.41, 5.74) is 2.14. The Morgan fingerprint density at radius 2 is 1.77 bits per heavy atom. The number of hydrogen-bond acceptors (Lipinski definition) is 6. The largest absolute Gasteiger partial charge is 0.425 e. The van der Waals surface area contributed by atoms with Crippen LogP contribution in [-0.4, -0.2) is 55.9 Å². The third kappa shape index (κ3) is 4.48. The lowest BCUT2D eigenvalue weighted by molar-refractivity contribution is -0.207. The number of benzene rings is 1. The second-order valence-electron chi connectivity index (χ2n) is 9.30. The van der Waals surface area contributed by atoms with Crippen molar-refractivity contribution in [1.29, 1.82) is 0 Å². The molecule has 1 aromatic carbocycles. The molecule has 3 fully saturated rings. The average Bonchev–Trinajstić information content (AvgIpc) is 3.01. The van der Waals surface area contributed by atoms with Crippen LogP contribution in [0.15, 0.2) is 24.3 Å². The normalized spacial score (nSPS) is 26.6. The van der Waals surface area contributed by atoms with Gasteiger partial charge < -0.3 is 14.4 Å². The van der Waals surface area contributed by atoms with Crippen molar-refractivity contribution in [2.24, 2.45) is 5.41 Å². The van der Waals surface area contributed by atoms with Gasteiger partial charge in [0.05, 0.1) is 5.41 Å². The minimum Gasteiger partial charge on any atom is -0.425 e. The van der Waals surface area contributed by atoms with Crippen molar-refractivity contribution in [3.63, 3.8) is 0 Å². The molecule has 4 rings (SSSR count). The zero-order chi connectivity index (χ0) is 21.0. The molecule has 164 valence electrons. The molecule has 30 heavy (non-hydrogen) atoms. The first-order valence-electron chi connectivity index (χ1n) is 11.4. The van der Waals surface area contributed by atoms with Crippen molar-refractivity contribution in [2.45, 2.75) is 64.1 Å². The van der Waals surface area contributed by atoms with E-state index in [-0.39, 0.29) is 5.97 Å². The number of esters is 1. The van der Waals surface area contributed by atoms with Crippen LogP contribution >= 0.6 is 0 Å². The van der Waals surface area contributed by atoms with Gasteiger partial charge in [-0.1, -0.05) is 37.0 Å². The molecule has 0 N–H and O–H groups in total. The summed E-state index contributed by atoms with van der Waals surface area (Å²) >= 11 is 0. The molecule has 1 aromatic rings. The van der Waals surface area contributed by atoms with Crippen LogP contribution in [0.2, 0.25) is 0 Å². The van der Waals surface area contributed by atoms with E-state index in [1.54, 1.807) is 0 Å². The van der Waals surface area contributed by atoms with Crippen LogP contribution in [0.5, 0.6) is 0 Å². The van der Waals surface area contributed by atoms with E-state index in [1.807, 2.05) is 0 Å². The summed E-state index contributed by atoms with van der Waals surface area (Å²) in [5.74, 6) is -1.21. The Bertz CT molecular complexity index is 736. The predicted molar refractivity (Wildman–Crippen MR) is 115 cm³/mol. The number of rotatable bonds is 7. The van der Waals surface area contributed by atoms with E-state index >= 15 is 0 Å². The maximum absolute atomic E-state index is 12.7. The minimum atomic E-state index is -1.06. The van der Waals surface area contributed by atoms with E-state index in [4.69, 9.17) is 9.47 Å². The fourth-order valence-electron chi connectivity index (χ4n) is 5.42. The highest BCUT2D eigenvalue weighted by atomic mass is 16.7. The van der Waals surface area contributed by atoms with Gasteiger partial charge in [0, 0.05) is 44.7 Å². The number of carbonyl (C=O) groups is 2. The number of cyclic esters (lactones) is 1. The molecular formula is C24H34N2O4. The lowest BCUT2D eigenvalue weighted by atomic mass is 9.71. The van der Waals surface area contributed by atoms with Gasteiger partial charge in [-0.25, -0.2) is 0 Å². The Morgan fingerprint density at radius 3 is 2.43 bits per heavy atom. The highest BCUT2D eigenvalue weighted by molar-refractivity contribution is 5.79. The molecule has 0 aromatic heterocycles. The first-order valence-corrected chi connectivity index (χ1v) is 11.4. The van der Waals surface area contributed by atoms with Crippen LogP contribution in [-0.2, 0) is 19.1 Å². The van der Waals surface area contributed by atoms with Crippen LogP contribution in [0.3, 0.4) is 0 Å². The van der Waals surface area contributed by atoms with Crippen molar-refractivity contribution in [2.75, 3.05) is 37.6 Å². The Labute approximate surface area is 179 Å². The molecular weight excluding hydrogens is 380 g/mol.